The molecule has 0 radical (unpaired) electrons. The monoisotopic (exact) mass is 239 g/mol. The molecule has 0 unspecified atom stereocenters. The Hall–Kier alpha value is -1.63. The highest BCUT2D eigenvalue weighted by molar-refractivity contribution is 5.30. The highest BCUT2D eigenvalue weighted by atomic mass is 16.2. The van der Waals surface area contributed by atoms with Crippen LogP contribution in [0.3, 0.4) is 0 Å². The Labute approximate surface area is 98.2 Å². The van der Waals surface area contributed by atoms with Crippen LogP contribution in [0.2, 0.25) is 0 Å². The van der Waals surface area contributed by atoms with Gasteiger partial charge in [-0.2, -0.15) is 0 Å². The van der Waals surface area contributed by atoms with Gasteiger partial charge in [0.05, 0.1) is 0 Å². The smallest absolute Gasteiger partial charge is 0.342 e. The SMILES string of the molecule is CCN1CCC(Nc2n[nH]c(=O)[nH]c2=O)CC1. The van der Waals surface area contributed by atoms with Crippen molar-refractivity contribution in [3.8, 4) is 0 Å². The number of anilines is 1. The highest BCUT2D eigenvalue weighted by Gasteiger charge is 2.19. The predicted octanol–water partition coefficient (Wildman–Crippen LogP) is -0.646. The summed E-state index contributed by atoms with van der Waals surface area (Å²) in [5.41, 5.74) is -1.05. The zero-order chi connectivity index (χ0) is 12.3. The van der Waals surface area contributed by atoms with E-state index in [4.69, 9.17) is 0 Å². The van der Waals surface area contributed by atoms with Crippen LogP contribution >= 0.6 is 0 Å². The summed E-state index contributed by atoms with van der Waals surface area (Å²) in [5.74, 6) is 0.194. The van der Waals surface area contributed by atoms with Crippen LogP contribution in [0.1, 0.15) is 19.8 Å². The van der Waals surface area contributed by atoms with Crippen LogP contribution in [0.5, 0.6) is 0 Å². The predicted molar refractivity (Wildman–Crippen MR) is 64.2 cm³/mol. The van der Waals surface area contributed by atoms with E-state index in [1.165, 1.54) is 0 Å². The first-order chi connectivity index (χ1) is 8.19. The van der Waals surface area contributed by atoms with Crippen molar-refractivity contribution in [1.29, 1.82) is 0 Å². The van der Waals surface area contributed by atoms with Gasteiger partial charge in [-0.05, 0) is 19.4 Å². The molecule has 7 nitrogen and oxygen atoms in total. The fourth-order valence-electron chi connectivity index (χ4n) is 2.03. The maximum absolute atomic E-state index is 11.4. The van der Waals surface area contributed by atoms with Gasteiger partial charge >= 0.3 is 5.69 Å². The normalized spacial score (nSPS) is 18.2. The van der Waals surface area contributed by atoms with Crippen LogP contribution in [0, 0.1) is 0 Å². The van der Waals surface area contributed by atoms with Crippen molar-refractivity contribution in [3.05, 3.63) is 20.8 Å². The number of piperidine rings is 1. The Morgan fingerprint density at radius 1 is 1.41 bits per heavy atom. The standard InChI is InChI=1S/C10H17N5O2/c1-2-15-5-3-7(4-6-15)11-8-9(16)12-10(17)14-13-8/h7H,2-6H2,1H3,(H,11,13)(H2,12,14,16,17). The van der Waals surface area contributed by atoms with E-state index in [-0.39, 0.29) is 11.9 Å². The molecule has 0 aliphatic carbocycles. The minimum atomic E-state index is -0.582. The molecule has 1 aliphatic rings. The van der Waals surface area contributed by atoms with E-state index < -0.39 is 11.2 Å². The number of nitrogens with zero attached hydrogens (tertiary/aromatic N) is 2. The van der Waals surface area contributed by atoms with Gasteiger partial charge in [-0.15, -0.1) is 5.10 Å². The van der Waals surface area contributed by atoms with E-state index in [2.05, 4.69) is 32.3 Å². The van der Waals surface area contributed by atoms with Gasteiger partial charge in [0.15, 0.2) is 0 Å². The van der Waals surface area contributed by atoms with Crippen molar-refractivity contribution in [2.75, 3.05) is 25.0 Å². The molecule has 2 rings (SSSR count). The summed E-state index contributed by atoms with van der Waals surface area (Å²) in [7, 11) is 0. The zero-order valence-electron chi connectivity index (χ0n) is 9.82. The first-order valence-electron chi connectivity index (χ1n) is 5.87. The number of hydrogen-bond acceptors (Lipinski definition) is 5. The van der Waals surface area contributed by atoms with E-state index in [9.17, 15) is 9.59 Å². The molecule has 1 aromatic heterocycles. The largest absolute Gasteiger partial charge is 0.361 e. The minimum absolute atomic E-state index is 0.194. The van der Waals surface area contributed by atoms with Gasteiger partial charge in [-0.25, -0.2) is 9.89 Å². The number of likely N-dealkylation sites (tertiary alicyclic amines) is 1. The van der Waals surface area contributed by atoms with Crippen molar-refractivity contribution in [1.82, 2.24) is 20.1 Å². The molecule has 0 atom stereocenters. The molecule has 1 fully saturated rings. The summed E-state index contributed by atoms with van der Waals surface area (Å²) >= 11 is 0. The summed E-state index contributed by atoms with van der Waals surface area (Å²) in [4.78, 5) is 26.7. The molecule has 17 heavy (non-hydrogen) atoms. The van der Waals surface area contributed by atoms with Crippen molar-refractivity contribution in [3.63, 3.8) is 0 Å². The van der Waals surface area contributed by atoms with Crippen molar-refractivity contribution in [2.24, 2.45) is 0 Å². The molecule has 1 aromatic rings. The van der Waals surface area contributed by atoms with Gasteiger partial charge in [-0.1, -0.05) is 6.92 Å². The second-order valence-electron chi connectivity index (χ2n) is 4.21. The fraction of sp³-hybridized carbons (Fsp3) is 0.700. The lowest BCUT2D eigenvalue weighted by molar-refractivity contribution is 0.229. The minimum Gasteiger partial charge on any atom is -0.361 e. The third-order valence-corrected chi connectivity index (χ3v) is 3.09. The molecular formula is C10H17N5O2. The average molecular weight is 239 g/mol. The van der Waals surface area contributed by atoms with Gasteiger partial charge in [0.2, 0.25) is 5.82 Å². The lowest BCUT2D eigenvalue weighted by atomic mass is 10.1. The third-order valence-electron chi connectivity index (χ3n) is 3.09. The number of rotatable bonds is 3. The van der Waals surface area contributed by atoms with Gasteiger partial charge in [0.1, 0.15) is 0 Å². The van der Waals surface area contributed by atoms with E-state index in [1.807, 2.05) is 0 Å². The maximum Gasteiger partial charge on any atom is 0.342 e. The summed E-state index contributed by atoms with van der Waals surface area (Å²) in [6.07, 6.45) is 1.96. The fourth-order valence-corrected chi connectivity index (χ4v) is 2.03. The van der Waals surface area contributed by atoms with Gasteiger partial charge in [0, 0.05) is 19.1 Å². The summed E-state index contributed by atoms with van der Waals surface area (Å²) < 4.78 is 0. The Bertz CT molecular complexity index is 472. The maximum atomic E-state index is 11.4. The quantitative estimate of drug-likeness (QED) is 0.652. The number of H-pyrrole nitrogens is 2. The molecule has 2 heterocycles. The van der Waals surface area contributed by atoms with E-state index in [1.54, 1.807) is 0 Å². The number of nitrogens with one attached hydrogen (secondary N) is 3. The van der Waals surface area contributed by atoms with Crippen LogP contribution in [-0.2, 0) is 0 Å². The van der Waals surface area contributed by atoms with Crippen molar-refractivity contribution < 1.29 is 0 Å². The number of aromatic nitrogens is 3. The number of hydrogen-bond donors (Lipinski definition) is 3. The van der Waals surface area contributed by atoms with E-state index >= 15 is 0 Å². The average Bonchev–Trinajstić information content (AvgIpc) is 2.34. The second kappa shape index (κ2) is 5.13. The highest BCUT2D eigenvalue weighted by Crippen LogP contribution is 2.12. The molecule has 0 bridgehead atoms. The van der Waals surface area contributed by atoms with Crippen LogP contribution in [-0.4, -0.2) is 45.8 Å². The van der Waals surface area contributed by atoms with E-state index in [0.29, 0.717) is 0 Å². The molecule has 1 aliphatic heterocycles. The first-order valence-corrected chi connectivity index (χ1v) is 5.87. The Balaban J connectivity index is 1.98. The molecule has 1 saturated heterocycles. The zero-order valence-corrected chi connectivity index (χ0v) is 9.82. The lowest BCUT2D eigenvalue weighted by Gasteiger charge is -2.31. The molecule has 0 saturated carbocycles. The summed E-state index contributed by atoms with van der Waals surface area (Å²) in [6, 6.07) is 0.248. The van der Waals surface area contributed by atoms with Gasteiger partial charge < -0.3 is 10.2 Å². The van der Waals surface area contributed by atoms with Crippen LogP contribution in [0.25, 0.3) is 0 Å². The Morgan fingerprint density at radius 2 is 2.12 bits per heavy atom. The topological polar surface area (TPSA) is 93.9 Å². The lowest BCUT2D eigenvalue weighted by Crippen LogP contribution is -2.40. The number of aromatic amines is 2. The first kappa shape index (κ1) is 11.8. The van der Waals surface area contributed by atoms with Gasteiger partial charge in [-0.3, -0.25) is 9.78 Å². The molecular weight excluding hydrogens is 222 g/mol. The summed E-state index contributed by atoms with van der Waals surface area (Å²) in [6.45, 7) is 5.25. The summed E-state index contributed by atoms with van der Waals surface area (Å²) in [5, 5.41) is 8.99. The van der Waals surface area contributed by atoms with Crippen LogP contribution in [0.4, 0.5) is 5.82 Å². The second-order valence-corrected chi connectivity index (χ2v) is 4.21. The molecule has 0 spiro atoms. The molecule has 0 aromatic carbocycles. The molecule has 7 heteroatoms. The molecule has 0 amide bonds. The van der Waals surface area contributed by atoms with E-state index in [0.717, 1.165) is 32.5 Å². The Kier molecular flexibility index (Phi) is 3.58. The van der Waals surface area contributed by atoms with Crippen molar-refractivity contribution >= 4 is 5.82 Å². The van der Waals surface area contributed by atoms with Crippen LogP contribution < -0.4 is 16.6 Å². The van der Waals surface area contributed by atoms with Crippen molar-refractivity contribution in [2.45, 2.75) is 25.8 Å². The molecule has 94 valence electrons. The van der Waals surface area contributed by atoms with Gasteiger partial charge in [0.25, 0.3) is 5.56 Å². The Morgan fingerprint density at radius 3 is 2.71 bits per heavy atom. The third kappa shape index (κ3) is 2.94. The molecule has 3 N–H and O–H groups in total. The van der Waals surface area contributed by atoms with Crippen LogP contribution in [0.15, 0.2) is 9.59 Å².